The van der Waals surface area contributed by atoms with Crippen LogP contribution in [-0.2, 0) is 0 Å². The van der Waals surface area contributed by atoms with E-state index in [1.165, 1.54) is 37.4 Å². The van der Waals surface area contributed by atoms with Crippen molar-refractivity contribution in [1.82, 2.24) is 15.0 Å². The number of hydrogen-bond donors (Lipinski definition) is 0. The van der Waals surface area contributed by atoms with E-state index in [0.29, 0.717) is 23.1 Å². The van der Waals surface area contributed by atoms with Gasteiger partial charge in [0.25, 0.3) is 0 Å². The van der Waals surface area contributed by atoms with Crippen LogP contribution in [-0.4, -0.2) is 20.9 Å². The molecule has 0 radical (unpaired) electrons. The first-order valence-electron chi connectivity index (χ1n) is 10.7. The van der Waals surface area contributed by atoms with Gasteiger partial charge in [-0.25, -0.2) is 14.8 Å². The van der Waals surface area contributed by atoms with Crippen LogP contribution in [0.3, 0.4) is 0 Å². The van der Waals surface area contributed by atoms with Crippen LogP contribution in [0.1, 0.15) is 73.5 Å². The summed E-state index contributed by atoms with van der Waals surface area (Å²) in [5, 5.41) is 0. The molecule has 0 saturated carbocycles. The van der Waals surface area contributed by atoms with Crippen LogP contribution in [0.5, 0.6) is 5.75 Å². The van der Waals surface area contributed by atoms with Crippen molar-refractivity contribution < 1.29 is 9.53 Å². The van der Waals surface area contributed by atoms with Gasteiger partial charge in [0.05, 0.1) is 5.56 Å². The lowest BCUT2D eigenvalue weighted by molar-refractivity contribution is 0.0734. The molecule has 2 heterocycles. The minimum Gasteiger partial charge on any atom is -0.423 e. The third-order valence-electron chi connectivity index (χ3n) is 5.16. The number of unbranched alkanes of at least 4 members (excludes halogenated alkanes) is 1. The summed E-state index contributed by atoms with van der Waals surface area (Å²) in [6, 6.07) is 10.7. The summed E-state index contributed by atoms with van der Waals surface area (Å²) in [7, 11) is 0. The number of pyridine rings is 1. The summed E-state index contributed by atoms with van der Waals surface area (Å²) in [4.78, 5) is 25.5. The SMILES string of the molecule is CCCCC(CCC)c1cnc(-c2ccc(OC(=O)c3ccc(C)nc3)cc2)nc1. The molecule has 0 fully saturated rings. The summed E-state index contributed by atoms with van der Waals surface area (Å²) >= 11 is 0. The highest BCUT2D eigenvalue weighted by molar-refractivity contribution is 5.90. The lowest BCUT2D eigenvalue weighted by Crippen LogP contribution is -2.08. The second-order valence-corrected chi connectivity index (χ2v) is 7.57. The molecule has 5 nitrogen and oxygen atoms in total. The molecule has 0 spiro atoms. The van der Waals surface area contributed by atoms with Gasteiger partial charge in [-0.15, -0.1) is 0 Å². The highest BCUT2D eigenvalue weighted by Crippen LogP contribution is 2.27. The number of carbonyl (C=O) groups is 1. The van der Waals surface area contributed by atoms with Crippen molar-refractivity contribution >= 4 is 5.97 Å². The maximum atomic E-state index is 12.2. The summed E-state index contributed by atoms with van der Waals surface area (Å²) in [5.74, 6) is 1.25. The molecular formula is C25H29N3O2. The number of aryl methyl sites for hydroxylation is 1. The molecule has 0 aliphatic rings. The van der Waals surface area contributed by atoms with Gasteiger partial charge in [0.2, 0.25) is 0 Å². The Hall–Kier alpha value is -3.08. The number of nitrogens with zero attached hydrogens (tertiary/aromatic N) is 3. The molecule has 3 aromatic rings. The van der Waals surface area contributed by atoms with Gasteiger partial charge in [-0.3, -0.25) is 4.98 Å². The van der Waals surface area contributed by atoms with Gasteiger partial charge in [-0.2, -0.15) is 0 Å². The lowest BCUT2D eigenvalue weighted by atomic mass is 9.91. The van der Waals surface area contributed by atoms with Crippen molar-refractivity contribution in [3.05, 3.63) is 71.8 Å². The van der Waals surface area contributed by atoms with E-state index in [9.17, 15) is 4.79 Å². The average Bonchev–Trinajstić information content (AvgIpc) is 2.78. The van der Waals surface area contributed by atoms with Crippen molar-refractivity contribution in [2.75, 3.05) is 0 Å². The standard InChI is InChI=1S/C25H29N3O2/c1-4-6-8-19(7-5-2)22-16-27-24(28-17-22)20-11-13-23(14-12-20)30-25(29)21-10-9-18(3)26-15-21/h9-17,19H,4-8H2,1-3H3. The van der Waals surface area contributed by atoms with Crippen molar-refractivity contribution in [2.45, 2.75) is 58.8 Å². The molecule has 0 aliphatic heterocycles. The average molecular weight is 404 g/mol. The van der Waals surface area contributed by atoms with Crippen LogP contribution in [0.4, 0.5) is 0 Å². The van der Waals surface area contributed by atoms with Crippen LogP contribution in [0.15, 0.2) is 55.0 Å². The molecule has 156 valence electrons. The highest BCUT2D eigenvalue weighted by atomic mass is 16.5. The molecule has 1 aromatic carbocycles. The fraction of sp³-hybridized carbons (Fsp3) is 0.360. The van der Waals surface area contributed by atoms with E-state index in [-0.39, 0.29) is 0 Å². The number of rotatable bonds is 9. The molecule has 1 unspecified atom stereocenters. The first-order chi connectivity index (χ1) is 14.6. The second-order valence-electron chi connectivity index (χ2n) is 7.57. The van der Waals surface area contributed by atoms with Gasteiger partial charge < -0.3 is 4.74 Å². The van der Waals surface area contributed by atoms with E-state index in [1.807, 2.05) is 31.5 Å². The molecule has 3 rings (SSSR count). The number of ether oxygens (including phenoxy) is 1. The Morgan fingerprint density at radius 3 is 2.23 bits per heavy atom. The first kappa shape index (κ1) is 21.6. The van der Waals surface area contributed by atoms with Crippen molar-refractivity contribution in [3.8, 4) is 17.1 Å². The molecule has 0 bridgehead atoms. The van der Waals surface area contributed by atoms with E-state index >= 15 is 0 Å². The Labute approximate surface area is 178 Å². The maximum absolute atomic E-state index is 12.2. The van der Waals surface area contributed by atoms with E-state index in [0.717, 1.165) is 17.7 Å². The summed E-state index contributed by atoms with van der Waals surface area (Å²) in [5.41, 5.74) is 3.38. The number of hydrogen-bond acceptors (Lipinski definition) is 5. The van der Waals surface area contributed by atoms with Crippen molar-refractivity contribution in [3.63, 3.8) is 0 Å². The van der Waals surface area contributed by atoms with Gasteiger partial charge in [-0.05, 0) is 67.6 Å². The van der Waals surface area contributed by atoms with E-state index in [1.54, 1.807) is 24.3 Å². The van der Waals surface area contributed by atoms with Crippen LogP contribution < -0.4 is 4.74 Å². The zero-order valence-electron chi connectivity index (χ0n) is 18.0. The number of carbonyl (C=O) groups excluding carboxylic acids is 1. The molecule has 0 N–H and O–H groups in total. The highest BCUT2D eigenvalue weighted by Gasteiger charge is 2.13. The molecule has 5 heteroatoms. The molecule has 0 amide bonds. The van der Waals surface area contributed by atoms with E-state index in [4.69, 9.17) is 4.74 Å². The predicted octanol–water partition coefficient (Wildman–Crippen LogP) is 6.14. The Kier molecular flexibility index (Phi) is 7.66. The Morgan fingerprint density at radius 1 is 0.900 bits per heavy atom. The van der Waals surface area contributed by atoms with Gasteiger partial charge in [0.1, 0.15) is 5.75 Å². The lowest BCUT2D eigenvalue weighted by Gasteiger charge is -2.15. The van der Waals surface area contributed by atoms with E-state index < -0.39 is 5.97 Å². The van der Waals surface area contributed by atoms with Crippen LogP contribution in [0.2, 0.25) is 0 Å². The molecular weight excluding hydrogens is 374 g/mol. The second kappa shape index (κ2) is 10.6. The third kappa shape index (κ3) is 5.72. The minimum absolute atomic E-state index is 0.424. The van der Waals surface area contributed by atoms with Crippen LogP contribution in [0.25, 0.3) is 11.4 Å². The van der Waals surface area contributed by atoms with Gasteiger partial charge in [0, 0.05) is 29.8 Å². The molecule has 0 saturated heterocycles. The number of benzene rings is 1. The summed E-state index contributed by atoms with van der Waals surface area (Å²) in [6.45, 7) is 6.32. The normalized spacial score (nSPS) is 11.8. The largest absolute Gasteiger partial charge is 0.423 e. The van der Waals surface area contributed by atoms with Crippen LogP contribution >= 0.6 is 0 Å². The van der Waals surface area contributed by atoms with Gasteiger partial charge in [-0.1, -0.05) is 33.1 Å². The zero-order chi connectivity index (χ0) is 21.3. The minimum atomic E-state index is -0.426. The third-order valence-corrected chi connectivity index (χ3v) is 5.16. The van der Waals surface area contributed by atoms with Gasteiger partial charge >= 0.3 is 5.97 Å². The van der Waals surface area contributed by atoms with Crippen molar-refractivity contribution in [2.24, 2.45) is 0 Å². The Morgan fingerprint density at radius 2 is 1.63 bits per heavy atom. The molecule has 30 heavy (non-hydrogen) atoms. The van der Waals surface area contributed by atoms with E-state index in [2.05, 4.69) is 28.8 Å². The fourth-order valence-corrected chi connectivity index (χ4v) is 3.40. The zero-order valence-corrected chi connectivity index (χ0v) is 18.0. The number of esters is 1. The smallest absolute Gasteiger partial charge is 0.345 e. The quantitative estimate of drug-likeness (QED) is 0.317. The fourth-order valence-electron chi connectivity index (χ4n) is 3.40. The summed E-state index contributed by atoms with van der Waals surface area (Å²) < 4.78 is 5.43. The Balaban J connectivity index is 1.66. The summed E-state index contributed by atoms with van der Waals surface area (Å²) in [6.07, 6.45) is 11.4. The maximum Gasteiger partial charge on any atom is 0.345 e. The number of aromatic nitrogens is 3. The molecule has 2 aromatic heterocycles. The van der Waals surface area contributed by atoms with Gasteiger partial charge in [0.15, 0.2) is 5.82 Å². The predicted molar refractivity (Wildman–Crippen MR) is 119 cm³/mol. The topological polar surface area (TPSA) is 65.0 Å². The van der Waals surface area contributed by atoms with Crippen molar-refractivity contribution in [1.29, 1.82) is 0 Å². The molecule has 1 atom stereocenters. The van der Waals surface area contributed by atoms with Crippen LogP contribution in [0, 0.1) is 6.92 Å². The monoisotopic (exact) mass is 403 g/mol. The first-order valence-corrected chi connectivity index (χ1v) is 10.7. The Bertz CT molecular complexity index is 936. The molecule has 0 aliphatic carbocycles.